The zero-order valence-electron chi connectivity index (χ0n) is 18.8. The molecule has 0 spiro atoms. The van der Waals surface area contributed by atoms with Crippen LogP contribution >= 0.6 is 0 Å². The molecule has 6 heteroatoms. The van der Waals surface area contributed by atoms with E-state index in [9.17, 15) is 9.18 Å². The van der Waals surface area contributed by atoms with Crippen LogP contribution in [-0.4, -0.2) is 32.3 Å². The quantitative estimate of drug-likeness (QED) is 0.398. The molecule has 168 valence electrons. The van der Waals surface area contributed by atoms with Crippen LogP contribution in [0, 0.1) is 29.5 Å². The Morgan fingerprint density at radius 1 is 1.20 bits per heavy atom. The molecular weight excluding hydrogens is 385 g/mol. The summed E-state index contributed by atoms with van der Waals surface area (Å²) in [5.74, 6) is 0.841. The number of methoxy groups -OCH3 is 1. The van der Waals surface area contributed by atoms with Gasteiger partial charge in [0, 0.05) is 20.1 Å². The van der Waals surface area contributed by atoms with E-state index in [4.69, 9.17) is 19.9 Å². The number of ether oxygens (including phenoxy) is 3. The summed E-state index contributed by atoms with van der Waals surface area (Å²) in [7, 11) is 1.63. The van der Waals surface area contributed by atoms with Crippen molar-refractivity contribution in [2.75, 3.05) is 20.3 Å². The first-order valence-electron chi connectivity index (χ1n) is 10.8. The average Bonchev–Trinajstić information content (AvgIpc) is 3.09. The molecule has 1 heterocycles. The maximum absolute atomic E-state index is 14.1. The van der Waals surface area contributed by atoms with E-state index >= 15 is 0 Å². The normalized spacial score (nSPS) is 18.5. The maximum Gasteiger partial charge on any atom is 0.318 e. The van der Waals surface area contributed by atoms with Gasteiger partial charge in [0.15, 0.2) is 11.6 Å². The van der Waals surface area contributed by atoms with Crippen LogP contribution in [0.4, 0.5) is 4.39 Å². The van der Waals surface area contributed by atoms with Gasteiger partial charge in [-0.2, -0.15) is 0 Å². The van der Waals surface area contributed by atoms with Crippen LogP contribution in [0.5, 0.6) is 5.75 Å². The summed E-state index contributed by atoms with van der Waals surface area (Å²) >= 11 is 0. The summed E-state index contributed by atoms with van der Waals surface area (Å²) in [6.45, 7) is 9.27. The zero-order valence-corrected chi connectivity index (χ0v) is 18.8. The Bertz CT molecular complexity index is 732. The summed E-state index contributed by atoms with van der Waals surface area (Å²) in [6, 6.07) is 4.68. The van der Waals surface area contributed by atoms with Crippen molar-refractivity contribution in [1.29, 1.82) is 0 Å². The van der Waals surface area contributed by atoms with Gasteiger partial charge in [-0.1, -0.05) is 33.8 Å². The SMILES string of the molecule is COCCCOc1cc(C[C@@H](C[C@H](N)C2=C[C@H](C(C)C)C(=O)O2)C(C)C)ccc1F. The van der Waals surface area contributed by atoms with Gasteiger partial charge in [-0.15, -0.1) is 0 Å². The van der Waals surface area contributed by atoms with E-state index < -0.39 is 0 Å². The first kappa shape index (κ1) is 24.4. The van der Waals surface area contributed by atoms with Crippen LogP contribution in [0.15, 0.2) is 30.0 Å². The van der Waals surface area contributed by atoms with Gasteiger partial charge in [-0.25, -0.2) is 4.39 Å². The molecular formula is C24H36FNO4. The maximum atomic E-state index is 14.1. The van der Waals surface area contributed by atoms with Crippen molar-refractivity contribution in [3.63, 3.8) is 0 Å². The van der Waals surface area contributed by atoms with E-state index in [0.29, 0.717) is 37.7 Å². The van der Waals surface area contributed by atoms with Gasteiger partial charge in [0.25, 0.3) is 0 Å². The van der Waals surface area contributed by atoms with E-state index in [1.165, 1.54) is 6.07 Å². The van der Waals surface area contributed by atoms with Gasteiger partial charge in [0.1, 0.15) is 5.76 Å². The number of benzene rings is 1. The molecule has 0 fully saturated rings. The topological polar surface area (TPSA) is 70.8 Å². The first-order valence-corrected chi connectivity index (χ1v) is 10.8. The number of halogens is 1. The second-order valence-corrected chi connectivity index (χ2v) is 8.77. The molecule has 0 aromatic heterocycles. The minimum absolute atomic E-state index is 0.185. The van der Waals surface area contributed by atoms with E-state index in [-0.39, 0.29) is 41.3 Å². The molecule has 1 aliphatic heterocycles. The number of hydrogen-bond acceptors (Lipinski definition) is 5. The molecule has 5 nitrogen and oxygen atoms in total. The zero-order chi connectivity index (χ0) is 22.3. The number of esters is 1. The Hall–Kier alpha value is -1.92. The second-order valence-electron chi connectivity index (χ2n) is 8.77. The fraction of sp³-hybridized carbons (Fsp3) is 0.625. The summed E-state index contributed by atoms with van der Waals surface area (Å²) in [5.41, 5.74) is 7.40. The third-order valence-corrected chi connectivity index (χ3v) is 5.66. The highest BCUT2D eigenvalue weighted by molar-refractivity contribution is 5.78. The lowest BCUT2D eigenvalue weighted by Crippen LogP contribution is -2.29. The van der Waals surface area contributed by atoms with Crippen LogP contribution < -0.4 is 10.5 Å². The van der Waals surface area contributed by atoms with Crippen molar-refractivity contribution in [2.24, 2.45) is 29.4 Å². The second kappa shape index (κ2) is 11.5. The third kappa shape index (κ3) is 6.81. The van der Waals surface area contributed by atoms with Gasteiger partial charge in [0.05, 0.1) is 18.6 Å². The van der Waals surface area contributed by atoms with Crippen molar-refractivity contribution < 1.29 is 23.4 Å². The minimum atomic E-state index is -0.364. The average molecular weight is 422 g/mol. The summed E-state index contributed by atoms with van der Waals surface area (Å²) < 4.78 is 30.1. The van der Waals surface area contributed by atoms with Crippen LogP contribution in [0.2, 0.25) is 0 Å². The molecule has 1 aliphatic rings. The Morgan fingerprint density at radius 3 is 2.53 bits per heavy atom. The molecule has 2 rings (SSSR count). The number of carbonyl (C=O) groups excluding carboxylic acids is 1. The summed E-state index contributed by atoms with van der Waals surface area (Å²) in [6.07, 6.45) is 4.01. The molecule has 0 unspecified atom stereocenters. The van der Waals surface area contributed by atoms with Gasteiger partial charge in [-0.3, -0.25) is 4.79 Å². The molecule has 30 heavy (non-hydrogen) atoms. The lowest BCUT2D eigenvalue weighted by molar-refractivity contribution is -0.141. The molecule has 0 bridgehead atoms. The Kier molecular flexibility index (Phi) is 9.31. The molecule has 1 aromatic carbocycles. The van der Waals surface area contributed by atoms with Gasteiger partial charge in [0.2, 0.25) is 0 Å². The van der Waals surface area contributed by atoms with Crippen LogP contribution in [-0.2, 0) is 20.7 Å². The van der Waals surface area contributed by atoms with Crippen LogP contribution in [0.3, 0.4) is 0 Å². The Balaban J connectivity index is 2.03. The highest BCUT2D eigenvalue weighted by Gasteiger charge is 2.33. The van der Waals surface area contributed by atoms with Crippen LogP contribution in [0.1, 0.15) is 46.1 Å². The minimum Gasteiger partial charge on any atom is -0.490 e. The molecule has 0 radical (unpaired) electrons. The number of nitrogens with two attached hydrogens (primary N) is 1. The number of carbonyl (C=O) groups is 1. The first-order chi connectivity index (χ1) is 14.2. The standard InChI is InChI=1S/C24H36FNO4/c1-15(2)18(13-21(26)23-14-19(16(3)4)24(27)30-23)11-17-7-8-20(25)22(12-17)29-10-6-9-28-5/h7-8,12,14-16,18-19,21H,6,9-11,13,26H2,1-5H3/t18-,19+,21-/m0/s1. The van der Waals surface area contributed by atoms with Crippen molar-refractivity contribution in [3.05, 3.63) is 41.4 Å². The van der Waals surface area contributed by atoms with Crippen molar-refractivity contribution in [2.45, 2.75) is 53.0 Å². The monoisotopic (exact) mass is 421 g/mol. The smallest absolute Gasteiger partial charge is 0.318 e. The van der Waals surface area contributed by atoms with E-state index in [2.05, 4.69) is 13.8 Å². The van der Waals surface area contributed by atoms with Crippen LogP contribution in [0.25, 0.3) is 0 Å². The third-order valence-electron chi connectivity index (χ3n) is 5.66. The molecule has 2 N–H and O–H groups in total. The van der Waals surface area contributed by atoms with E-state index in [1.807, 2.05) is 19.9 Å². The highest BCUT2D eigenvalue weighted by Crippen LogP contribution is 2.31. The fourth-order valence-corrected chi connectivity index (χ4v) is 3.63. The lowest BCUT2D eigenvalue weighted by atomic mass is 9.83. The fourth-order valence-electron chi connectivity index (χ4n) is 3.63. The Labute approximate surface area is 179 Å². The largest absolute Gasteiger partial charge is 0.490 e. The van der Waals surface area contributed by atoms with Gasteiger partial charge in [-0.05, 0) is 54.4 Å². The van der Waals surface area contributed by atoms with Gasteiger partial charge >= 0.3 is 5.97 Å². The highest BCUT2D eigenvalue weighted by atomic mass is 19.1. The van der Waals surface area contributed by atoms with Crippen molar-refractivity contribution >= 4 is 5.97 Å². The van der Waals surface area contributed by atoms with Crippen molar-refractivity contribution in [1.82, 2.24) is 0 Å². The number of cyclic esters (lactones) is 1. The predicted molar refractivity (Wildman–Crippen MR) is 116 cm³/mol. The molecule has 0 amide bonds. The predicted octanol–water partition coefficient (Wildman–Crippen LogP) is 4.49. The van der Waals surface area contributed by atoms with E-state index in [0.717, 1.165) is 12.0 Å². The Morgan fingerprint density at radius 2 is 1.93 bits per heavy atom. The molecule has 1 aromatic rings. The number of hydrogen-bond donors (Lipinski definition) is 1. The van der Waals surface area contributed by atoms with E-state index in [1.54, 1.807) is 19.2 Å². The van der Waals surface area contributed by atoms with Crippen molar-refractivity contribution in [3.8, 4) is 5.75 Å². The lowest BCUT2D eigenvalue weighted by Gasteiger charge is -2.25. The molecule has 0 saturated heterocycles. The number of rotatable bonds is 12. The summed E-state index contributed by atoms with van der Waals surface area (Å²) in [5, 5.41) is 0. The van der Waals surface area contributed by atoms with Gasteiger partial charge < -0.3 is 19.9 Å². The molecule has 0 saturated carbocycles. The molecule has 3 atom stereocenters. The summed E-state index contributed by atoms with van der Waals surface area (Å²) in [4.78, 5) is 12.1. The molecule has 0 aliphatic carbocycles.